The number of amides is 1. The molecule has 1 fully saturated rings. The Kier molecular flexibility index (Phi) is 5.14. The number of carbonyl (C=O) groups is 1. The summed E-state index contributed by atoms with van der Waals surface area (Å²) in [7, 11) is 2.88. The van der Waals surface area contributed by atoms with Gasteiger partial charge >= 0.3 is 5.69 Å². The van der Waals surface area contributed by atoms with Crippen LogP contribution in [0.4, 0.5) is 14.5 Å². The Morgan fingerprint density at radius 3 is 2.60 bits per heavy atom. The highest BCUT2D eigenvalue weighted by Crippen LogP contribution is 2.39. The van der Waals surface area contributed by atoms with Gasteiger partial charge in [0.05, 0.1) is 11.4 Å². The molecule has 1 saturated carbocycles. The van der Waals surface area contributed by atoms with Crippen LogP contribution in [0.2, 0.25) is 0 Å². The molecule has 0 atom stereocenters. The van der Waals surface area contributed by atoms with Gasteiger partial charge in [-0.15, -0.1) is 0 Å². The number of aryl methyl sites for hydroxylation is 1. The summed E-state index contributed by atoms with van der Waals surface area (Å²) in [6.45, 7) is 0. The standard InChI is InChI=1S/C19H17F2N5O3S/c1-25-16-14(18(28)26(2)19(25)29)17(24-15(23-16)9-3-4-9)30-8-13(27)22-12-6-5-10(20)7-11(12)21/h5-7,9H,3-4,8H2,1-2H3,(H,22,27). The first kappa shape index (κ1) is 20.2. The SMILES string of the molecule is Cn1c(=O)c2c(SCC(=O)Nc3ccc(F)cc3F)nc(C3CC3)nc2n(C)c1=O. The third kappa shape index (κ3) is 3.72. The van der Waals surface area contributed by atoms with E-state index in [-0.39, 0.29) is 33.4 Å². The van der Waals surface area contributed by atoms with Gasteiger partial charge in [0.1, 0.15) is 27.9 Å². The van der Waals surface area contributed by atoms with E-state index in [1.54, 1.807) is 0 Å². The Morgan fingerprint density at radius 2 is 1.93 bits per heavy atom. The molecule has 0 saturated heterocycles. The molecule has 0 spiro atoms. The van der Waals surface area contributed by atoms with Crippen molar-refractivity contribution in [3.05, 3.63) is 56.5 Å². The maximum atomic E-state index is 13.8. The second kappa shape index (κ2) is 7.63. The number of anilines is 1. The van der Waals surface area contributed by atoms with Gasteiger partial charge in [-0.25, -0.2) is 23.5 Å². The van der Waals surface area contributed by atoms with Gasteiger partial charge in [-0.1, -0.05) is 11.8 Å². The molecule has 156 valence electrons. The molecule has 3 aromatic rings. The molecule has 30 heavy (non-hydrogen) atoms. The molecule has 0 bridgehead atoms. The molecule has 0 aliphatic heterocycles. The monoisotopic (exact) mass is 433 g/mol. The predicted octanol–water partition coefficient (Wildman–Crippen LogP) is 1.91. The minimum absolute atomic E-state index is 0.147. The molecule has 1 aliphatic carbocycles. The molecule has 2 heterocycles. The number of carbonyl (C=O) groups excluding carboxylic acids is 1. The number of benzene rings is 1. The highest BCUT2D eigenvalue weighted by Gasteiger charge is 2.29. The molecule has 0 unspecified atom stereocenters. The quantitative estimate of drug-likeness (QED) is 0.488. The lowest BCUT2D eigenvalue weighted by atomic mass is 10.3. The van der Waals surface area contributed by atoms with Gasteiger partial charge in [-0.3, -0.25) is 18.7 Å². The first-order valence-electron chi connectivity index (χ1n) is 9.11. The zero-order valence-corrected chi connectivity index (χ0v) is 16.9. The molecular weight excluding hydrogens is 416 g/mol. The Hall–Kier alpha value is -3.08. The van der Waals surface area contributed by atoms with Crippen LogP contribution < -0.4 is 16.6 Å². The molecule has 2 aromatic heterocycles. The number of aromatic nitrogens is 4. The second-order valence-electron chi connectivity index (χ2n) is 7.03. The lowest BCUT2D eigenvalue weighted by Crippen LogP contribution is -2.38. The van der Waals surface area contributed by atoms with E-state index in [9.17, 15) is 23.2 Å². The highest BCUT2D eigenvalue weighted by atomic mass is 32.2. The summed E-state index contributed by atoms with van der Waals surface area (Å²) < 4.78 is 29.0. The van der Waals surface area contributed by atoms with Crippen LogP contribution in [0, 0.1) is 11.6 Å². The number of rotatable bonds is 5. The fourth-order valence-corrected chi connectivity index (χ4v) is 3.81. The van der Waals surface area contributed by atoms with Crippen LogP contribution in [0.25, 0.3) is 11.0 Å². The lowest BCUT2D eigenvalue weighted by Gasteiger charge is -2.12. The fourth-order valence-electron chi connectivity index (χ4n) is 2.98. The molecule has 0 radical (unpaired) electrons. The number of halogens is 2. The number of thioether (sulfide) groups is 1. The van der Waals surface area contributed by atoms with E-state index in [2.05, 4.69) is 15.3 Å². The highest BCUT2D eigenvalue weighted by molar-refractivity contribution is 8.00. The molecule has 1 N–H and O–H groups in total. The Balaban J connectivity index is 1.67. The van der Waals surface area contributed by atoms with Crippen LogP contribution in [-0.2, 0) is 18.9 Å². The van der Waals surface area contributed by atoms with Crippen molar-refractivity contribution in [2.45, 2.75) is 23.8 Å². The summed E-state index contributed by atoms with van der Waals surface area (Å²) in [5.41, 5.74) is -0.990. The van der Waals surface area contributed by atoms with Crippen LogP contribution in [0.15, 0.2) is 32.8 Å². The summed E-state index contributed by atoms with van der Waals surface area (Å²) in [5.74, 6) is -1.67. The van der Waals surface area contributed by atoms with Crippen molar-refractivity contribution >= 4 is 34.4 Å². The zero-order valence-electron chi connectivity index (χ0n) is 16.1. The van der Waals surface area contributed by atoms with Crippen molar-refractivity contribution in [1.82, 2.24) is 19.1 Å². The first-order chi connectivity index (χ1) is 14.3. The van der Waals surface area contributed by atoms with E-state index in [1.165, 1.54) is 18.7 Å². The van der Waals surface area contributed by atoms with Crippen molar-refractivity contribution in [2.24, 2.45) is 14.1 Å². The van der Waals surface area contributed by atoms with E-state index in [0.29, 0.717) is 11.9 Å². The minimum atomic E-state index is -0.888. The number of nitrogens with one attached hydrogen (secondary N) is 1. The number of nitrogens with zero attached hydrogens (tertiary/aromatic N) is 4. The average molecular weight is 433 g/mol. The van der Waals surface area contributed by atoms with E-state index in [1.807, 2.05) is 0 Å². The lowest BCUT2D eigenvalue weighted by molar-refractivity contribution is -0.113. The van der Waals surface area contributed by atoms with Crippen LogP contribution in [0.5, 0.6) is 0 Å². The molecule has 4 rings (SSSR count). The molecule has 1 aliphatic rings. The zero-order chi connectivity index (χ0) is 21.6. The van der Waals surface area contributed by atoms with Crippen LogP contribution in [0.3, 0.4) is 0 Å². The normalized spacial score (nSPS) is 13.6. The van der Waals surface area contributed by atoms with Crippen LogP contribution in [-0.4, -0.2) is 30.8 Å². The van der Waals surface area contributed by atoms with Gasteiger partial charge in [0.2, 0.25) is 5.91 Å². The van der Waals surface area contributed by atoms with E-state index in [0.717, 1.165) is 41.3 Å². The predicted molar refractivity (Wildman–Crippen MR) is 108 cm³/mol. The summed E-state index contributed by atoms with van der Waals surface area (Å²) in [4.78, 5) is 46.1. The van der Waals surface area contributed by atoms with Crippen molar-refractivity contribution in [3.63, 3.8) is 0 Å². The summed E-state index contributed by atoms with van der Waals surface area (Å²) in [5, 5.41) is 2.80. The smallest absolute Gasteiger partial charge is 0.323 e. The van der Waals surface area contributed by atoms with Gasteiger partial charge in [-0.2, -0.15) is 0 Å². The summed E-state index contributed by atoms with van der Waals surface area (Å²) >= 11 is 0.995. The van der Waals surface area contributed by atoms with Gasteiger partial charge in [-0.05, 0) is 25.0 Å². The Labute approximate surface area is 173 Å². The van der Waals surface area contributed by atoms with Crippen LogP contribution >= 0.6 is 11.8 Å². The Bertz CT molecular complexity index is 1300. The van der Waals surface area contributed by atoms with Crippen molar-refractivity contribution in [2.75, 3.05) is 11.1 Å². The van der Waals surface area contributed by atoms with E-state index >= 15 is 0 Å². The summed E-state index contributed by atoms with van der Waals surface area (Å²) in [6, 6.07) is 2.84. The fraction of sp³-hybridized carbons (Fsp3) is 0.316. The molecule has 1 aromatic carbocycles. The molecule has 11 heteroatoms. The second-order valence-corrected chi connectivity index (χ2v) is 7.99. The van der Waals surface area contributed by atoms with E-state index in [4.69, 9.17) is 0 Å². The largest absolute Gasteiger partial charge is 0.332 e. The van der Waals surface area contributed by atoms with Crippen molar-refractivity contribution in [1.29, 1.82) is 0 Å². The van der Waals surface area contributed by atoms with Gasteiger partial charge in [0.15, 0.2) is 5.65 Å². The third-order valence-corrected chi connectivity index (χ3v) is 5.75. The number of hydrogen-bond donors (Lipinski definition) is 1. The van der Waals surface area contributed by atoms with Gasteiger partial charge in [0, 0.05) is 26.1 Å². The maximum Gasteiger partial charge on any atom is 0.332 e. The van der Waals surface area contributed by atoms with Crippen LogP contribution in [0.1, 0.15) is 24.6 Å². The minimum Gasteiger partial charge on any atom is -0.323 e. The molecule has 8 nitrogen and oxygen atoms in total. The van der Waals surface area contributed by atoms with Crippen molar-refractivity contribution < 1.29 is 13.6 Å². The van der Waals surface area contributed by atoms with Gasteiger partial charge < -0.3 is 5.32 Å². The molecular formula is C19H17F2N5O3S. The molecule has 1 amide bonds. The number of hydrogen-bond acceptors (Lipinski definition) is 6. The third-order valence-electron chi connectivity index (χ3n) is 4.77. The summed E-state index contributed by atoms with van der Waals surface area (Å²) in [6.07, 6.45) is 1.83. The number of fused-ring (bicyclic) bond motifs is 1. The van der Waals surface area contributed by atoms with Crippen molar-refractivity contribution in [3.8, 4) is 0 Å². The van der Waals surface area contributed by atoms with E-state index < -0.39 is 28.8 Å². The van der Waals surface area contributed by atoms with Gasteiger partial charge in [0.25, 0.3) is 5.56 Å². The Morgan fingerprint density at radius 1 is 1.20 bits per heavy atom. The first-order valence-corrected chi connectivity index (χ1v) is 10.1. The maximum absolute atomic E-state index is 13.8. The topological polar surface area (TPSA) is 98.9 Å². The average Bonchev–Trinajstić information content (AvgIpc) is 3.56.